The lowest BCUT2D eigenvalue weighted by Gasteiger charge is -2.15. The molecule has 6 heteroatoms. The zero-order chi connectivity index (χ0) is 17.7. The Balaban J connectivity index is 1.94. The smallest absolute Gasteiger partial charge is 0.338 e. The minimum Gasteiger partial charge on any atom is -0.449 e. The summed E-state index contributed by atoms with van der Waals surface area (Å²) in [6, 6.07) is 12.2. The van der Waals surface area contributed by atoms with E-state index in [0.717, 1.165) is 17.8 Å². The van der Waals surface area contributed by atoms with Crippen LogP contribution in [0.4, 0.5) is 15.8 Å². The van der Waals surface area contributed by atoms with Gasteiger partial charge in [-0.25, -0.2) is 9.18 Å². The molecule has 0 bridgehead atoms. The molecule has 0 unspecified atom stereocenters. The Morgan fingerprint density at radius 1 is 1.04 bits per heavy atom. The van der Waals surface area contributed by atoms with E-state index in [1.54, 1.807) is 12.1 Å². The number of halogens is 1. The summed E-state index contributed by atoms with van der Waals surface area (Å²) in [6.45, 7) is 1.48. The number of carbonyl (C=O) groups is 2. The maximum absolute atomic E-state index is 12.8. The van der Waals surface area contributed by atoms with Crippen molar-refractivity contribution >= 4 is 23.3 Å². The topological polar surface area (TPSA) is 58.6 Å². The highest BCUT2D eigenvalue weighted by Gasteiger charge is 2.19. The molecule has 2 aromatic carbocycles. The zero-order valence-corrected chi connectivity index (χ0v) is 13.7. The summed E-state index contributed by atoms with van der Waals surface area (Å²) in [5.74, 6) is -1.57. The highest BCUT2D eigenvalue weighted by molar-refractivity contribution is 5.97. The van der Waals surface area contributed by atoms with Crippen LogP contribution in [0, 0.1) is 5.82 Å². The van der Waals surface area contributed by atoms with Gasteiger partial charge in [0.05, 0.1) is 5.56 Å². The predicted molar refractivity (Wildman–Crippen MR) is 90.7 cm³/mol. The van der Waals surface area contributed by atoms with Crippen LogP contribution >= 0.6 is 0 Å². The van der Waals surface area contributed by atoms with Crippen LogP contribution in [-0.2, 0) is 9.53 Å². The lowest BCUT2D eigenvalue weighted by molar-refractivity contribution is -0.123. The number of benzene rings is 2. The van der Waals surface area contributed by atoms with Crippen LogP contribution in [0.3, 0.4) is 0 Å². The normalized spacial score (nSPS) is 11.5. The maximum Gasteiger partial charge on any atom is 0.338 e. The molecule has 0 radical (unpaired) electrons. The molecule has 1 amide bonds. The number of hydrogen-bond acceptors (Lipinski definition) is 4. The number of nitrogens with zero attached hydrogens (tertiary/aromatic N) is 1. The number of anilines is 2. The summed E-state index contributed by atoms with van der Waals surface area (Å²) in [5.41, 5.74) is 1.80. The molecule has 0 fully saturated rings. The van der Waals surface area contributed by atoms with Crippen LogP contribution < -0.4 is 10.2 Å². The first kappa shape index (κ1) is 17.5. The van der Waals surface area contributed by atoms with Gasteiger partial charge in [-0.1, -0.05) is 0 Å². The number of hydrogen-bond donors (Lipinski definition) is 1. The zero-order valence-electron chi connectivity index (χ0n) is 13.7. The van der Waals surface area contributed by atoms with Crippen molar-refractivity contribution in [1.82, 2.24) is 0 Å². The first-order valence-electron chi connectivity index (χ1n) is 7.41. The fourth-order valence-corrected chi connectivity index (χ4v) is 1.95. The van der Waals surface area contributed by atoms with Gasteiger partial charge in [0.1, 0.15) is 5.82 Å². The van der Waals surface area contributed by atoms with Crippen LogP contribution in [0.5, 0.6) is 0 Å². The largest absolute Gasteiger partial charge is 0.449 e. The molecule has 0 aromatic heterocycles. The molecule has 0 saturated heterocycles. The molecule has 2 aromatic rings. The third-order valence-corrected chi connectivity index (χ3v) is 3.38. The summed E-state index contributed by atoms with van der Waals surface area (Å²) in [6.07, 6.45) is -0.976. The summed E-state index contributed by atoms with van der Waals surface area (Å²) in [4.78, 5) is 25.9. The lowest BCUT2D eigenvalue weighted by atomic mass is 10.2. The molecule has 0 heterocycles. The van der Waals surface area contributed by atoms with Crippen LogP contribution in [0.2, 0.25) is 0 Å². The van der Waals surface area contributed by atoms with Gasteiger partial charge >= 0.3 is 5.97 Å². The number of esters is 1. The SMILES string of the molecule is C[C@H](OC(=O)c1ccc(F)cc1)C(=O)Nc1ccc(N(C)C)cc1. The highest BCUT2D eigenvalue weighted by atomic mass is 19.1. The van der Waals surface area contributed by atoms with E-state index >= 15 is 0 Å². The molecule has 24 heavy (non-hydrogen) atoms. The summed E-state index contributed by atoms with van der Waals surface area (Å²) < 4.78 is 17.9. The molecule has 0 saturated carbocycles. The molecule has 0 spiro atoms. The predicted octanol–water partition coefficient (Wildman–Crippen LogP) is 3.08. The second-order valence-electron chi connectivity index (χ2n) is 5.48. The molecule has 1 atom stereocenters. The van der Waals surface area contributed by atoms with Crippen LogP contribution in [0.15, 0.2) is 48.5 Å². The molecule has 126 valence electrons. The van der Waals surface area contributed by atoms with Crippen LogP contribution in [-0.4, -0.2) is 32.1 Å². The van der Waals surface area contributed by atoms with Crippen molar-refractivity contribution in [3.05, 3.63) is 59.9 Å². The Hall–Kier alpha value is -2.89. The third kappa shape index (κ3) is 4.55. The van der Waals surface area contributed by atoms with Gasteiger partial charge in [0.2, 0.25) is 0 Å². The number of nitrogens with one attached hydrogen (secondary N) is 1. The quantitative estimate of drug-likeness (QED) is 0.856. The van der Waals surface area contributed by atoms with E-state index in [1.807, 2.05) is 31.1 Å². The van der Waals surface area contributed by atoms with E-state index in [2.05, 4.69) is 5.32 Å². The molecule has 5 nitrogen and oxygen atoms in total. The monoisotopic (exact) mass is 330 g/mol. The van der Waals surface area contributed by atoms with Gasteiger partial charge in [-0.15, -0.1) is 0 Å². The van der Waals surface area contributed by atoms with Crippen LogP contribution in [0.1, 0.15) is 17.3 Å². The van der Waals surface area contributed by atoms with E-state index < -0.39 is 23.8 Å². The average Bonchev–Trinajstić information content (AvgIpc) is 2.55. The van der Waals surface area contributed by atoms with E-state index in [9.17, 15) is 14.0 Å². The van der Waals surface area contributed by atoms with Gasteiger partial charge < -0.3 is 15.0 Å². The molecule has 2 rings (SSSR count). The van der Waals surface area contributed by atoms with Crippen molar-refractivity contribution < 1.29 is 18.7 Å². The van der Waals surface area contributed by atoms with Crippen molar-refractivity contribution in [3.63, 3.8) is 0 Å². The first-order valence-corrected chi connectivity index (χ1v) is 7.41. The van der Waals surface area contributed by atoms with Gasteiger partial charge in [0.15, 0.2) is 6.10 Å². The molecule has 1 N–H and O–H groups in total. The van der Waals surface area contributed by atoms with E-state index in [0.29, 0.717) is 5.69 Å². The number of carbonyl (C=O) groups excluding carboxylic acids is 2. The van der Waals surface area contributed by atoms with E-state index in [4.69, 9.17) is 4.74 Å². The molecule has 0 aliphatic heterocycles. The Labute approximate surface area is 140 Å². The van der Waals surface area contributed by atoms with E-state index in [-0.39, 0.29) is 5.56 Å². The van der Waals surface area contributed by atoms with Gasteiger partial charge in [-0.05, 0) is 55.5 Å². The van der Waals surface area contributed by atoms with Crippen molar-refractivity contribution in [2.45, 2.75) is 13.0 Å². The van der Waals surface area contributed by atoms with Crippen molar-refractivity contribution in [2.24, 2.45) is 0 Å². The number of amides is 1. The molecule has 0 aliphatic carbocycles. The van der Waals surface area contributed by atoms with Gasteiger partial charge in [-0.3, -0.25) is 4.79 Å². The van der Waals surface area contributed by atoms with Gasteiger partial charge in [-0.2, -0.15) is 0 Å². The second kappa shape index (κ2) is 7.59. The summed E-state index contributed by atoms with van der Waals surface area (Å²) in [5, 5.41) is 2.68. The number of rotatable bonds is 5. The Morgan fingerprint density at radius 2 is 1.62 bits per heavy atom. The fourth-order valence-electron chi connectivity index (χ4n) is 1.95. The highest BCUT2D eigenvalue weighted by Crippen LogP contribution is 2.16. The standard InChI is InChI=1S/C18H19FN2O3/c1-12(24-18(23)13-4-6-14(19)7-5-13)17(22)20-15-8-10-16(11-9-15)21(2)3/h4-12H,1-3H3,(H,20,22)/t12-/m0/s1. The minimum absolute atomic E-state index is 0.186. The summed E-state index contributed by atoms with van der Waals surface area (Å²) >= 11 is 0. The van der Waals surface area contributed by atoms with Crippen molar-refractivity contribution in [1.29, 1.82) is 0 Å². The summed E-state index contributed by atoms with van der Waals surface area (Å²) in [7, 11) is 3.84. The fraction of sp³-hybridized carbons (Fsp3) is 0.222. The third-order valence-electron chi connectivity index (χ3n) is 3.38. The molecular weight excluding hydrogens is 311 g/mol. The Kier molecular flexibility index (Phi) is 5.52. The lowest BCUT2D eigenvalue weighted by Crippen LogP contribution is -2.30. The average molecular weight is 330 g/mol. The van der Waals surface area contributed by atoms with Crippen molar-refractivity contribution in [3.8, 4) is 0 Å². The maximum atomic E-state index is 12.8. The Morgan fingerprint density at radius 3 is 2.17 bits per heavy atom. The van der Waals surface area contributed by atoms with E-state index in [1.165, 1.54) is 19.1 Å². The van der Waals surface area contributed by atoms with Gasteiger partial charge in [0.25, 0.3) is 5.91 Å². The minimum atomic E-state index is -0.976. The molecular formula is C18H19FN2O3. The molecule has 0 aliphatic rings. The Bertz CT molecular complexity index is 712. The first-order chi connectivity index (χ1) is 11.4. The number of ether oxygens (including phenoxy) is 1. The van der Waals surface area contributed by atoms with Crippen molar-refractivity contribution in [2.75, 3.05) is 24.3 Å². The second-order valence-corrected chi connectivity index (χ2v) is 5.48. The van der Waals surface area contributed by atoms with Gasteiger partial charge in [0, 0.05) is 25.5 Å². The van der Waals surface area contributed by atoms with Crippen LogP contribution in [0.25, 0.3) is 0 Å².